The maximum absolute atomic E-state index is 12.2. The molecule has 0 aliphatic carbocycles. The Balaban J connectivity index is 1.95. The van der Waals surface area contributed by atoms with E-state index in [0.717, 1.165) is 32.5 Å². The van der Waals surface area contributed by atoms with Crippen LogP contribution >= 0.6 is 0 Å². The summed E-state index contributed by atoms with van der Waals surface area (Å²) in [7, 11) is 0. The maximum Gasteiger partial charge on any atom is 0.253 e. The number of benzene rings is 1. The second-order valence-electron chi connectivity index (χ2n) is 4.67. The normalized spacial score (nSPS) is 16.8. The number of hydrogen-bond donors (Lipinski definition) is 2. The summed E-state index contributed by atoms with van der Waals surface area (Å²) >= 11 is 0. The second kappa shape index (κ2) is 5.87. The Morgan fingerprint density at radius 1 is 1.44 bits per heavy atom. The lowest BCUT2D eigenvalue weighted by Gasteiger charge is -2.32. The molecule has 1 fully saturated rings. The van der Waals surface area contributed by atoms with Crippen molar-refractivity contribution in [3.8, 4) is 5.75 Å². The largest absolute Gasteiger partial charge is 0.508 e. The molecular formula is C14H20N2O2. The van der Waals surface area contributed by atoms with Crippen molar-refractivity contribution in [1.82, 2.24) is 10.2 Å². The van der Waals surface area contributed by atoms with Gasteiger partial charge in [-0.2, -0.15) is 0 Å². The first-order valence-electron chi connectivity index (χ1n) is 6.52. The molecule has 0 bridgehead atoms. The molecule has 2 rings (SSSR count). The number of carbonyl (C=O) groups is 1. The van der Waals surface area contributed by atoms with E-state index < -0.39 is 0 Å². The van der Waals surface area contributed by atoms with Crippen LogP contribution in [0.15, 0.2) is 24.3 Å². The van der Waals surface area contributed by atoms with Crippen molar-refractivity contribution < 1.29 is 9.90 Å². The van der Waals surface area contributed by atoms with Crippen molar-refractivity contribution in [2.24, 2.45) is 0 Å². The third-order valence-corrected chi connectivity index (χ3v) is 3.37. The van der Waals surface area contributed by atoms with Crippen LogP contribution in [0.1, 0.15) is 30.1 Å². The molecule has 4 heteroatoms. The summed E-state index contributed by atoms with van der Waals surface area (Å²) in [4.78, 5) is 14.1. The van der Waals surface area contributed by atoms with Crippen LogP contribution in [0.5, 0.6) is 5.75 Å². The molecule has 1 aromatic carbocycles. The van der Waals surface area contributed by atoms with E-state index in [1.807, 2.05) is 4.90 Å². The molecule has 1 aromatic rings. The highest BCUT2D eigenvalue weighted by Gasteiger charge is 2.23. The van der Waals surface area contributed by atoms with Gasteiger partial charge in [-0.05, 0) is 37.6 Å². The summed E-state index contributed by atoms with van der Waals surface area (Å²) in [6, 6.07) is 7.09. The molecule has 1 heterocycles. The van der Waals surface area contributed by atoms with Crippen LogP contribution in [0.2, 0.25) is 0 Å². The predicted octanol–water partition coefficient (Wildman–Crippen LogP) is 1.61. The molecule has 0 radical (unpaired) electrons. The highest BCUT2D eigenvalue weighted by atomic mass is 16.3. The fraction of sp³-hybridized carbons (Fsp3) is 0.500. The van der Waals surface area contributed by atoms with Crippen LogP contribution in [-0.4, -0.2) is 41.6 Å². The van der Waals surface area contributed by atoms with Crippen molar-refractivity contribution in [3.05, 3.63) is 29.8 Å². The number of rotatable bonds is 3. The topological polar surface area (TPSA) is 52.6 Å². The van der Waals surface area contributed by atoms with Crippen molar-refractivity contribution >= 4 is 5.91 Å². The smallest absolute Gasteiger partial charge is 0.253 e. The Hall–Kier alpha value is -1.55. The van der Waals surface area contributed by atoms with E-state index in [0.29, 0.717) is 11.6 Å². The predicted molar refractivity (Wildman–Crippen MR) is 70.7 cm³/mol. The van der Waals surface area contributed by atoms with Crippen molar-refractivity contribution in [2.75, 3.05) is 19.6 Å². The van der Waals surface area contributed by atoms with E-state index in [-0.39, 0.29) is 11.7 Å². The van der Waals surface area contributed by atoms with Crippen LogP contribution in [0.4, 0.5) is 0 Å². The Labute approximate surface area is 108 Å². The molecule has 0 saturated carbocycles. The van der Waals surface area contributed by atoms with Crippen molar-refractivity contribution in [3.63, 3.8) is 0 Å². The zero-order valence-electron chi connectivity index (χ0n) is 10.7. The monoisotopic (exact) mass is 248 g/mol. The molecule has 1 aliphatic heterocycles. The van der Waals surface area contributed by atoms with Crippen molar-refractivity contribution in [1.29, 1.82) is 0 Å². The van der Waals surface area contributed by atoms with E-state index in [2.05, 4.69) is 12.2 Å². The minimum Gasteiger partial charge on any atom is -0.508 e. The standard InChI is InChI=1S/C14H20N2O2/c1-2-15-12-6-8-16(9-7-12)14(18)11-4-3-5-13(17)10-11/h3-5,10,12,15,17H,2,6-9H2,1H3. The minimum atomic E-state index is 0.0147. The van der Waals surface area contributed by atoms with Crippen LogP contribution in [-0.2, 0) is 0 Å². The molecule has 0 unspecified atom stereocenters. The fourth-order valence-corrected chi connectivity index (χ4v) is 2.40. The summed E-state index contributed by atoms with van der Waals surface area (Å²) in [5.74, 6) is 0.157. The Bertz CT molecular complexity index is 412. The third-order valence-electron chi connectivity index (χ3n) is 3.37. The van der Waals surface area contributed by atoms with Gasteiger partial charge in [0, 0.05) is 24.7 Å². The fourth-order valence-electron chi connectivity index (χ4n) is 2.40. The molecule has 4 nitrogen and oxygen atoms in total. The van der Waals surface area contributed by atoms with Crippen LogP contribution in [0.25, 0.3) is 0 Å². The summed E-state index contributed by atoms with van der Waals surface area (Å²) < 4.78 is 0. The number of phenolic OH excluding ortho intramolecular Hbond substituents is 1. The van der Waals surface area contributed by atoms with Gasteiger partial charge in [0.2, 0.25) is 0 Å². The first-order chi connectivity index (χ1) is 8.70. The molecular weight excluding hydrogens is 228 g/mol. The zero-order valence-corrected chi connectivity index (χ0v) is 10.7. The van der Waals surface area contributed by atoms with Gasteiger partial charge in [-0.3, -0.25) is 4.79 Å². The average Bonchev–Trinajstić information content (AvgIpc) is 2.39. The highest BCUT2D eigenvalue weighted by molar-refractivity contribution is 5.94. The molecule has 98 valence electrons. The van der Waals surface area contributed by atoms with Gasteiger partial charge in [0.25, 0.3) is 5.91 Å². The summed E-state index contributed by atoms with van der Waals surface area (Å²) in [5.41, 5.74) is 0.567. The molecule has 0 aromatic heterocycles. The number of carbonyl (C=O) groups excluding carboxylic acids is 1. The molecule has 2 N–H and O–H groups in total. The highest BCUT2D eigenvalue weighted by Crippen LogP contribution is 2.16. The van der Waals surface area contributed by atoms with Gasteiger partial charge in [-0.25, -0.2) is 0 Å². The van der Waals surface area contributed by atoms with Gasteiger partial charge in [0.15, 0.2) is 0 Å². The van der Waals surface area contributed by atoms with E-state index in [1.165, 1.54) is 6.07 Å². The molecule has 18 heavy (non-hydrogen) atoms. The number of likely N-dealkylation sites (tertiary alicyclic amines) is 1. The molecule has 0 atom stereocenters. The first kappa shape index (κ1) is 12.9. The molecule has 1 saturated heterocycles. The Morgan fingerprint density at radius 2 is 2.17 bits per heavy atom. The van der Waals surface area contributed by atoms with Gasteiger partial charge in [-0.15, -0.1) is 0 Å². The average molecular weight is 248 g/mol. The van der Waals surface area contributed by atoms with Gasteiger partial charge < -0.3 is 15.3 Å². The first-order valence-corrected chi connectivity index (χ1v) is 6.52. The lowest BCUT2D eigenvalue weighted by molar-refractivity contribution is 0.0705. The lowest BCUT2D eigenvalue weighted by Crippen LogP contribution is -2.44. The number of aromatic hydroxyl groups is 1. The zero-order chi connectivity index (χ0) is 13.0. The summed E-state index contributed by atoms with van der Waals surface area (Å²) in [6.45, 7) is 4.65. The quantitative estimate of drug-likeness (QED) is 0.854. The summed E-state index contributed by atoms with van der Waals surface area (Å²) in [6.07, 6.45) is 2.00. The van der Waals surface area contributed by atoms with Gasteiger partial charge in [0.1, 0.15) is 5.75 Å². The lowest BCUT2D eigenvalue weighted by atomic mass is 10.0. The maximum atomic E-state index is 12.2. The Kier molecular flexibility index (Phi) is 4.20. The van der Waals surface area contributed by atoms with E-state index in [1.54, 1.807) is 18.2 Å². The minimum absolute atomic E-state index is 0.0147. The van der Waals surface area contributed by atoms with Crippen LogP contribution < -0.4 is 5.32 Å². The van der Waals surface area contributed by atoms with E-state index in [9.17, 15) is 9.90 Å². The number of piperidine rings is 1. The molecule has 0 spiro atoms. The number of phenols is 1. The Morgan fingerprint density at radius 3 is 2.78 bits per heavy atom. The molecule has 1 amide bonds. The van der Waals surface area contributed by atoms with E-state index >= 15 is 0 Å². The number of nitrogens with one attached hydrogen (secondary N) is 1. The van der Waals surface area contributed by atoms with Crippen LogP contribution in [0.3, 0.4) is 0 Å². The van der Waals surface area contributed by atoms with Crippen LogP contribution in [0, 0.1) is 0 Å². The number of amides is 1. The molecule has 1 aliphatic rings. The number of hydrogen-bond acceptors (Lipinski definition) is 3. The second-order valence-corrected chi connectivity index (χ2v) is 4.67. The third kappa shape index (κ3) is 3.01. The number of nitrogens with zero attached hydrogens (tertiary/aromatic N) is 1. The van der Waals surface area contributed by atoms with E-state index in [4.69, 9.17) is 0 Å². The summed E-state index contributed by atoms with van der Waals surface area (Å²) in [5, 5.41) is 12.8. The SMILES string of the molecule is CCNC1CCN(C(=O)c2cccc(O)c2)CC1. The van der Waals surface area contributed by atoms with Crippen molar-refractivity contribution in [2.45, 2.75) is 25.8 Å². The van der Waals surface area contributed by atoms with Gasteiger partial charge >= 0.3 is 0 Å². The van der Waals surface area contributed by atoms with Gasteiger partial charge in [0.05, 0.1) is 0 Å². The van der Waals surface area contributed by atoms with Gasteiger partial charge in [-0.1, -0.05) is 13.0 Å².